The molecule has 3 N–H and O–H groups in total. The van der Waals surface area contributed by atoms with E-state index in [4.69, 9.17) is 0 Å². The van der Waals surface area contributed by atoms with E-state index in [9.17, 15) is 16.8 Å². The van der Waals surface area contributed by atoms with Gasteiger partial charge in [-0.05, 0) is 55.8 Å². The molecule has 0 atom stereocenters. The molecule has 0 radical (unpaired) electrons. The first-order valence-electron chi connectivity index (χ1n) is 9.97. The molecule has 0 bridgehead atoms. The summed E-state index contributed by atoms with van der Waals surface area (Å²) in [5.74, 6) is 0.148. The molecule has 0 amide bonds. The fourth-order valence-corrected chi connectivity index (χ4v) is 5.14. The Morgan fingerprint density at radius 1 is 0.667 bits per heavy atom. The molecule has 1 heterocycles. The molecule has 0 aliphatic heterocycles. The summed E-state index contributed by atoms with van der Waals surface area (Å²) in [5, 5.41) is 6.81. The highest BCUT2D eigenvalue weighted by atomic mass is 32.2. The van der Waals surface area contributed by atoms with Crippen LogP contribution in [0.5, 0.6) is 0 Å². The van der Waals surface area contributed by atoms with Crippen molar-refractivity contribution in [3.05, 3.63) is 90.0 Å². The second-order valence-corrected chi connectivity index (χ2v) is 10.9. The van der Waals surface area contributed by atoms with Crippen molar-refractivity contribution in [2.45, 2.75) is 23.6 Å². The zero-order valence-corrected chi connectivity index (χ0v) is 19.5. The number of sulfonamides is 2. The van der Waals surface area contributed by atoms with Gasteiger partial charge >= 0.3 is 0 Å². The summed E-state index contributed by atoms with van der Waals surface area (Å²) in [6.45, 7) is 3.76. The number of hydrogen-bond acceptors (Lipinski definition) is 5. The number of nitrogens with one attached hydrogen (secondary N) is 3. The van der Waals surface area contributed by atoms with Crippen molar-refractivity contribution in [2.75, 3.05) is 9.44 Å². The van der Waals surface area contributed by atoms with Gasteiger partial charge in [0.1, 0.15) is 0 Å². The highest BCUT2D eigenvalue weighted by Crippen LogP contribution is 2.24. The van der Waals surface area contributed by atoms with E-state index in [-0.39, 0.29) is 15.6 Å². The topological polar surface area (TPSA) is 121 Å². The van der Waals surface area contributed by atoms with Crippen molar-refractivity contribution in [1.29, 1.82) is 0 Å². The molecular formula is C23H22N4O4S2. The third-order valence-corrected chi connectivity index (χ3v) is 7.70. The van der Waals surface area contributed by atoms with Gasteiger partial charge in [-0.15, -0.1) is 0 Å². The van der Waals surface area contributed by atoms with Gasteiger partial charge in [0.15, 0.2) is 5.82 Å². The van der Waals surface area contributed by atoms with Crippen molar-refractivity contribution in [1.82, 2.24) is 10.2 Å². The molecule has 0 spiro atoms. The van der Waals surface area contributed by atoms with E-state index in [0.717, 1.165) is 11.1 Å². The molecule has 0 aliphatic carbocycles. The van der Waals surface area contributed by atoms with Gasteiger partial charge < -0.3 is 0 Å². The normalized spacial score (nSPS) is 11.8. The van der Waals surface area contributed by atoms with Crippen LogP contribution in [-0.4, -0.2) is 27.0 Å². The molecular weight excluding hydrogens is 460 g/mol. The highest BCUT2D eigenvalue weighted by Gasteiger charge is 2.17. The zero-order valence-electron chi connectivity index (χ0n) is 17.9. The molecule has 33 heavy (non-hydrogen) atoms. The number of rotatable bonds is 7. The van der Waals surface area contributed by atoms with Crippen molar-refractivity contribution in [3.8, 4) is 11.3 Å². The predicted octanol–water partition coefficient (Wildman–Crippen LogP) is 4.30. The van der Waals surface area contributed by atoms with Crippen LogP contribution < -0.4 is 9.44 Å². The van der Waals surface area contributed by atoms with Gasteiger partial charge in [-0.3, -0.25) is 14.5 Å². The van der Waals surface area contributed by atoms with Crippen LogP contribution in [0.4, 0.5) is 11.5 Å². The lowest BCUT2D eigenvalue weighted by Crippen LogP contribution is -2.13. The van der Waals surface area contributed by atoms with E-state index in [1.165, 1.54) is 12.1 Å². The second-order valence-electron chi connectivity index (χ2n) is 7.58. The van der Waals surface area contributed by atoms with Crippen molar-refractivity contribution < 1.29 is 16.8 Å². The van der Waals surface area contributed by atoms with Crippen LogP contribution in [-0.2, 0) is 20.0 Å². The van der Waals surface area contributed by atoms with E-state index >= 15 is 0 Å². The van der Waals surface area contributed by atoms with Gasteiger partial charge in [-0.25, -0.2) is 16.8 Å². The molecule has 1 aromatic heterocycles. The summed E-state index contributed by atoms with van der Waals surface area (Å²) in [7, 11) is -7.46. The number of H-pyrrole nitrogens is 1. The Morgan fingerprint density at radius 2 is 1.15 bits per heavy atom. The quantitative estimate of drug-likeness (QED) is 0.363. The highest BCUT2D eigenvalue weighted by molar-refractivity contribution is 7.93. The third kappa shape index (κ3) is 5.24. The first kappa shape index (κ1) is 22.6. The molecule has 4 rings (SSSR count). The second kappa shape index (κ2) is 8.72. The van der Waals surface area contributed by atoms with Crippen LogP contribution in [0.15, 0.2) is 88.7 Å². The maximum atomic E-state index is 12.5. The van der Waals surface area contributed by atoms with E-state index in [1.807, 2.05) is 13.8 Å². The standard InChI is InChI=1S/C23H22N4O4S2/c1-16-3-11-20(12-4-16)32(28,29)26-19-9-7-18(8-10-19)22-15-23(25-24-22)27-33(30,31)21-13-5-17(2)6-14-21/h3-15,26H,1-2H3,(H2,24,25,27). The predicted molar refractivity (Wildman–Crippen MR) is 128 cm³/mol. The van der Waals surface area contributed by atoms with Crippen molar-refractivity contribution in [2.24, 2.45) is 0 Å². The summed E-state index contributed by atoms with van der Waals surface area (Å²) >= 11 is 0. The zero-order chi connectivity index (χ0) is 23.6. The van der Waals surface area contributed by atoms with E-state index < -0.39 is 20.0 Å². The first-order chi connectivity index (χ1) is 15.6. The lowest BCUT2D eigenvalue weighted by Gasteiger charge is -2.09. The van der Waals surface area contributed by atoms with Crippen LogP contribution in [0.1, 0.15) is 11.1 Å². The summed E-state index contributed by atoms with van der Waals surface area (Å²) < 4.78 is 55.2. The van der Waals surface area contributed by atoms with Crippen LogP contribution >= 0.6 is 0 Å². The Morgan fingerprint density at radius 3 is 1.67 bits per heavy atom. The summed E-state index contributed by atoms with van der Waals surface area (Å²) in [6.07, 6.45) is 0. The Bertz CT molecular complexity index is 1480. The van der Waals surface area contributed by atoms with Crippen molar-refractivity contribution >= 4 is 31.6 Å². The largest absolute Gasteiger partial charge is 0.280 e. The van der Waals surface area contributed by atoms with E-state index in [0.29, 0.717) is 16.9 Å². The Kier molecular flexibility index (Phi) is 5.96. The molecule has 0 unspecified atom stereocenters. The number of anilines is 2. The average Bonchev–Trinajstić information content (AvgIpc) is 3.22. The molecule has 10 heteroatoms. The van der Waals surface area contributed by atoms with Gasteiger partial charge in [0.25, 0.3) is 20.0 Å². The SMILES string of the molecule is Cc1ccc(S(=O)(=O)Nc2ccc(-c3cc(NS(=O)(=O)c4ccc(C)cc4)n[nH]3)cc2)cc1. The minimum Gasteiger partial charge on any atom is -0.280 e. The van der Waals surface area contributed by atoms with Gasteiger partial charge in [0, 0.05) is 11.8 Å². The van der Waals surface area contributed by atoms with E-state index in [2.05, 4.69) is 19.6 Å². The van der Waals surface area contributed by atoms with Gasteiger partial charge in [-0.2, -0.15) is 5.10 Å². The number of aromatic amines is 1. The minimum atomic E-state index is -3.76. The number of aromatic nitrogens is 2. The molecule has 0 saturated heterocycles. The Balaban J connectivity index is 1.48. The van der Waals surface area contributed by atoms with Crippen LogP contribution in [0, 0.1) is 13.8 Å². The van der Waals surface area contributed by atoms with Crippen LogP contribution in [0.2, 0.25) is 0 Å². The fourth-order valence-electron chi connectivity index (χ4n) is 3.09. The van der Waals surface area contributed by atoms with E-state index in [1.54, 1.807) is 66.7 Å². The molecule has 0 fully saturated rings. The maximum Gasteiger partial charge on any atom is 0.263 e. The van der Waals surface area contributed by atoms with Gasteiger partial charge in [-0.1, -0.05) is 47.5 Å². The Hall–Kier alpha value is -3.63. The van der Waals surface area contributed by atoms with Crippen LogP contribution in [0.3, 0.4) is 0 Å². The molecule has 8 nitrogen and oxygen atoms in total. The average molecular weight is 483 g/mol. The van der Waals surface area contributed by atoms with Gasteiger partial charge in [0.2, 0.25) is 0 Å². The van der Waals surface area contributed by atoms with Gasteiger partial charge in [0.05, 0.1) is 15.5 Å². The molecule has 4 aromatic rings. The lowest BCUT2D eigenvalue weighted by molar-refractivity contribution is 0.599. The first-order valence-corrected chi connectivity index (χ1v) is 12.9. The third-order valence-electron chi connectivity index (χ3n) is 4.93. The Labute approximate surface area is 192 Å². The maximum absolute atomic E-state index is 12.5. The minimum absolute atomic E-state index is 0.142. The number of aryl methyl sites for hydroxylation is 2. The lowest BCUT2D eigenvalue weighted by atomic mass is 10.1. The molecule has 170 valence electrons. The number of hydrogen-bond donors (Lipinski definition) is 3. The summed E-state index contributed by atoms with van der Waals surface area (Å²) in [4.78, 5) is 0.319. The molecule has 3 aromatic carbocycles. The smallest absolute Gasteiger partial charge is 0.263 e. The van der Waals surface area contributed by atoms with Crippen molar-refractivity contribution in [3.63, 3.8) is 0 Å². The molecule has 0 aliphatic rings. The number of benzene rings is 3. The monoisotopic (exact) mass is 482 g/mol. The molecule has 0 saturated carbocycles. The number of nitrogens with zero attached hydrogens (tertiary/aromatic N) is 1. The van der Waals surface area contributed by atoms with Crippen LogP contribution in [0.25, 0.3) is 11.3 Å². The summed E-state index contributed by atoms with van der Waals surface area (Å²) in [5.41, 5.74) is 3.62. The summed E-state index contributed by atoms with van der Waals surface area (Å²) in [6, 6.07) is 21.3. The fraction of sp³-hybridized carbons (Fsp3) is 0.0870.